The number of benzene rings is 2. The highest BCUT2D eigenvalue weighted by molar-refractivity contribution is 6.21. The first-order chi connectivity index (χ1) is 11.1. The van der Waals surface area contributed by atoms with Crippen molar-refractivity contribution >= 4 is 11.8 Å². The zero-order valence-corrected chi connectivity index (χ0v) is 13.0. The predicted octanol–water partition coefficient (Wildman–Crippen LogP) is 3.57. The maximum atomic E-state index is 12.6. The summed E-state index contributed by atoms with van der Waals surface area (Å²) in [5.41, 5.74) is 1.78. The lowest BCUT2D eigenvalue weighted by Gasteiger charge is -2.25. The van der Waals surface area contributed by atoms with Crippen LogP contribution in [0, 0.1) is 6.92 Å². The maximum absolute atomic E-state index is 12.6. The second kappa shape index (κ2) is 6.08. The van der Waals surface area contributed by atoms with E-state index in [1.807, 2.05) is 38.1 Å². The Balaban J connectivity index is 1.96. The van der Waals surface area contributed by atoms with Gasteiger partial charge in [-0.1, -0.05) is 36.4 Å². The summed E-state index contributed by atoms with van der Waals surface area (Å²) in [5, 5.41) is 0. The summed E-state index contributed by atoms with van der Waals surface area (Å²) in [4.78, 5) is 26.3. The van der Waals surface area contributed by atoms with Gasteiger partial charge in [0.15, 0.2) is 0 Å². The van der Waals surface area contributed by atoms with Crippen molar-refractivity contribution in [2.24, 2.45) is 0 Å². The van der Waals surface area contributed by atoms with E-state index >= 15 is 0 Å². The van der Waals surface area contributed by atoms with Gasteiger partial charge in [0.05, 0.1) is 11.1 Å². The zero-order valence-electron chi connectivity index (χ0n) is 13.0. The number of para-hydroxylation sites is 1. The number of imide groups is 1. The Labute approximate surface area is 135 Å². The van der Waals surface area contributed by atoms with Crippen LogP contribution in [-0.4, -0.2) is 22.9 Å². The molecule has 4 heteroatoms. The molecule has 1 unspecified atom stereocenters. The molecule has 0 N–H and O–H groups in total. The van der Waals surface area contributed by atoms with Crippen LogP contribution in [0.3, 0.4) is 0 Å². The lowest BCUT2D eigenvalue weighted by molar-refractivity contribution is 0.0372. The van der Waals surface area contributed by atoms with E-state index in [9.17, 15) is 9.59 Å². The van der Waals surface area contributed by atoms with Crippen molar-refractivity contribution in [2.45, 2.75) is 20.1 Å². The van der Waals surface area contributed by atoms with Crippen molar-refractivity contribution in [3.63, 3.8) is 0 Å². The van der Waals surface area contributed by atoms with Gasteiger partial charge < -0.3 is 4.74 Å². The number of nitrogens with zero attached hydrogens (tertiary/aromatic N) is 1. The van der Waals surface area contributed by atoms with E-state index in [4.69, 9.17) is 4.74 Å². The summed E-state index contributed by atoms with van der Waals surface area (Å²) in [6.07, 6.45) is 2.70. The van der Waals surface area contributed by atoms with Gasteiger partial charge in [0.1, 0.15) is 5.75 Å². The lowest BCUT2D eigenvalue weighted by Crippen LogP contribution is -2.42. The molecule has 4 nitrogen and oxygen atoms in total. The third-order valence-electron chi connectivity index (χ3n) is 3.78. The summed E-state index contributed by atoms with van der Waals surface area (Å²) in [6, 6.07) is 14.3. The lowest BCUT2D eigenvalue weighted by atomic mass is 10.1. The molecule has 0 aliphatic carbocycles. The fourth-order valence-corrected chi connectivity index (χ4v) is 2.60. The summed E-state index contributed by atoms with van der Waals surface area (Å²) < 4.78 is 5.94. The molecule has 0 saturated carbocycles. The summed E-state index contributed by atoms with van der Waals surface area (Å²) >= 11 is 0. The minimum atomic E-state index is -0.770. The number of carbonyl (C=O) groups is 2. The molecular formula is C19H17NO3. The SMILES string of the molecule is CC=CC(Oc1ccccc1C)N1C(=O)c2ccccc2C1=O. The topological polar surface area (TPSA) is 46.6 Å². The van der Waals surface area contributed by atoms with E-state index in [1.54, 1.807) is 36.4 Å². The largest absolute Gasteiger partial charge is 0.466 e. The van der Waals surface area contributed by atoms with Crippen molar-refractivity contribution in [1.29, 1.82) is 0 Å². The second-order valence-corrected chi connectivity index (χ2v) is 5.33. The van der Waals surface area contributed by atoms with Crippen LogP contribution in [0.2, 0.25) is 0 Å². The van der Waals surface area contributed by atoms with Gasteiger partial charge in [-0.25, -0.2) is 4.90 Å². The highest BCUT2D eigenvalue weighted by Crippen LogP contribution is 2.27. The van der Waals surface area contributed by atoms with Crippen LogP contribution in [0.5, 0.6) is 5.75 Å². The highest BCUT2D eigenvalue weighted by atomic mass is 16.5. The number of amides is 2. The van der Waals surface area contributed by atoms with Crippen LogP contribution in [0.15, 0.2) is 60.7 Å². The first-order valence-corrected chi connectivity index (χ1v) is 7.45. The molecule has 3 rings (SSSR count). The molecule has 0 saturated heterocycles. The van der Waals surface area contributed by atoms with Gasteiger partial charge in [0, 0.05) is 0 Å². The van der Waals surface area contributed by atoms with Crippen molar-refractivity contribution in [1.82, 2.24) is 4.90 Å². The molecule has 23 heavy (non-hydrogen) atoms. The van der Waals surface area contributed by atoms with Crippen LogP contribution in [0.4, 0.5) is 0 Å². The van der Waals surface area contributed by atoms with Gasteiger partial charge in [-0.2, -0.15) is 0 Å². The Bertz CT molecular complexity index is 760. The van der Waals surface area contributed by atoms with E-state index in [0.717, 1.165) is 10.5 Å². The Kier molecular flexibility index (Phi) is 3.98. The highest BCUT2D eigenvalue weighted by Gasteiger charge is 2.40. The third-order valence-corrected chi connectivity index (χ3v) is 3.78. The monoisotopic (exact) mass is 307 g/mol. The molecule has 0 radical (unpaired) electrons. The van der Waals surface area contributed by atoms with E-state index < -0.39 is 6.23 Å². The van der Waals surface area contributed by atoms with Gasteiger partial charge in [0.2, 0.25) is 6.23 Å². The number of aryl methyl sites for hydroxylation is 1. The first kappa shape index (κ1) is 15.0. The average molecular weight is 307 g/mol. The molecule has 0 spiro atoms. The number of allylic oxidation sites excluding steroid dienone is 1. The van der Waals surface area contributed by atoms with Crippen LogP contribution < -0.4 is 4.74 Å². The molecule has 2 amide bonds. The van der Waals surface area contributed by atoms with Gasteiger partial charge in [-0.05, 0) is 43.7 Å². The van der Waals surface area contributed by atoms with Crippen molar-refractivity contribution in [2.75, 3.05) is 0 Å². The Morgan fingerprint density at radius 3 is 2.09 bits per heavy atom. The van der Waals surface area contributed by atoms with E-state index in [-0.39, 0.29) is 11.8 Å². The standard InChI is InChI=1S/C19H17NO3/c1-3-8-17(23-16-12-7-4-9-13(16)2)20-18(21)14-10-5-6-11-15(14)19(20)22/h3-12,17H,1-2H3. The van der Waals surface area contributed by atoms with Crippen LogP contribution in [0.25, 0.3) is 0 Å². The molecule has 1 aliphatic rings. The Hall–Kier alpha value is -2.88. The molecule has 1 atom stereocenters. The van der Waals surface area contributed by atoms with E-state index in [1.165, 1.54) is 0 Å². The van der Waals surface area contributed by atoms with E-state index in [2.05, 4.69) is 0 Å². The quantitative estimate of drug-likeness (QED) is 0.641. The molecular weight excluding hydrogens is 290 g/mol. The molecule has 2 aromatic rings. The summed E-state index contributed by atoms with van der Waals surface area (Å²) in [5.74, 6) is -0.0169. The normalized spacial score (nSPS) is 15.1. The number of carbonyl (C=O) groups excluding carboxylic acids is 2. The average Bonchev–Trinajstić information content (AvgIpc) is 2.81. The summed E-state index contributed by atoms with van der Waals surface area (Å²) in [6.45, 7) is 3.75. The predicted molar refractivity (Wildman–Crippen MR) is 87.4 cm³/mol. The smallest absolute Gasteiger partial charge is 0.264 e. The maximum Gasteiger partial charge on any atom is 0.264 e. The minimum Gasteiger partial charge on any atom is -0.466 e. The minimum absolute atomic E-state index is 0.331. The van der Waals surface area contributed by atoms with E-state index in [0.29, 0.717) is 16.9 Å². The Morgan fingerprint density at radius 1 is 0.957 bits per heavy atom. The Morgan fingerprint density at radius 2 is 1.52 bits per heavy atom. The molecule has 1 heterocycles. The number of hydrogen-bond acceptors (Lipinski definition) is 3. The number of rotatable bonds is 4. The van der Waals surface area contributed by atoms with Crippen LogP contribution in [-0.2, 0) is 0 Å². The summed E-state index contributed by atoms with van der Waals surface area (Å²) in [7, 11) is 0. The first-order valence-electron chi connectivity index (χ1n) is 7.45. The van der Waals surface area contributed by atoms with Crippen molar-refractivity contribution in [3.05, 3.63) is 77.4 Å². The van der Waals surface area contributed by atoms with Gasteiger partial charge >= 0.3 is 0 Å². The number of hydrogen-bond donors (Lipinski definition) is 0. The molecule has 0 bridgehead atoms. The van der Waals surface area contributed by atoms with Crippen LogP contribution >= 0.6 is 0 Å². The van der Waals surface area contributed by atoms with Crippen molar-refractivity contribution in [3.8, 4) is 5.75 Å². The number of ether oxygens (including phenoxy) is 1. The van der Waals surface area contributed by atoms with Gasteiger partial charge in [-0.3, -0.25) is 9.59 Å². The van der Waals surface area contributed by atoms with Gasteiger partial charge in [0.25, 0.3) is 11.8 Å². The molecule has 0 aromatic heterocycles. The molecule has 0 fully saturated rings. The van der Waals surface area contributed by atoms with Crippen molar-refractivity contribution < 1.29 is 14.3 Å². The molecule has 1 aliphatic heterocycles. The molecule has 116 valence electrons. The van der Waals surface area contributed by atoms with Gasteiger partial charge in [-0.15, -0.1) is 0 Å². The zero-order chi connectivity index (χ0) is 16.4. The second-order valence-electron chi connectivity index (χ2n) is 5.33. The fraction of sp³-hybridized carbons (Fsp3) is 0.158. The third kappa shape index (κ3) is 2.63. The molecule has 2 aromatic carbocycles. The fourth-order valence-electron chi connectivity index (χ4n) is 2.60. The number of fused-ring (bicyclic) bond motifs is 1. The van der Waals surface area contributed by atoms with Crippen LogP contribution in [0.1, 0.15) is 33.2 Å².